The van der Waals surface area contributed by atoms with Gasteiger partial charge >= 0.3 is 0 Å². The van der Waals surface area contributed by atoms with Gasteiger partial charge in [0.25, 0.3) is 5.56 Å². The highest BCUT2D eigenvalue weighted by atomic mass is 16.2. The summed E-state index contributed by atoms with van der Waals surface area (Å²) in [5.74, 6) is -0.00552. The van der Waals surface area contributed by atoms with Crippen molar-refractivity contribution in [3.8, 4) is 0 Å². The third kappa shape index (κ3) is 2.88. The van der Waals surface area contributed by atoms with E-state index in [4.69, 9.17) is 0 Å². The zero-order valence-electron chi connectivity index (χ0n) is 12.9. The van der Waals surface area contributed by atoms with Gasteiger partial charge in [0.05, 0.1) is 6.20 Å². The quantitative estimate of drug-likeness (QED) is 0.827. The van der Waals surface area contributed by atoms with Gasteiger partial charge < -0.3 is 4.90 Å². The van der Waals surface area contributed by atoms with Crippen LogP contribution in [0.4, 0.5) is 0 Å². The van der Waals surface area contributed by atoms with E-state index in [9.17, 15) is 9.59 Å². The van der Waals surface area contributed by atoms with Crippen LogP contribution < -0.4 is 5.56 Å². The fourth-order valence-corrected chi connectivity index (χ4v) is 2.92. The Kier molecular flexibility index (Phi) is 4.22. The molecule has 0 unspecified atom stereocenters. The van der Waals surface area contributed by atoms with E-state index in [1.807, 2.05) is 4.90 Å². The van der Waals surface area contributed by atoms with Crippen molar-refractivity contribution in [2.75, 3.05) is 13.1 Å². The molecule has 3 rings (SSSR count). The minimum absolute atomic E-state index is 0.00552. The third-order valence-electron chi connectivity index (χ3n) is 4.23. The first-order valence-electron chi connectivity index (χ1n) is 7.82. The molecule has 22 heavy (non-hydrogen) atoms. The van der Waals surface area contributed by atoms with Crippen LogP contribution in [0.2, 0.25) is 0 Å². The molecule has 1 aliphatic rings. The van der Waals surface area contributed by atoms with E-state index in [1.165, 1.54) is 36.4 Å². The van der Waals surface area contributed by atoms with Gasteiger partial charge in [-0.3, -0.25) is 18.8 Å². The first-order valence-corrected chi connectivity index (χ1v) is 7.82. The van der Waals surface area contributed by atoms with Crippen molar-refractivity contribution < 1.29 is 4.79 Å². The fourth-order valence-electron chi connectivity index (χ4n) is 2.92. The SMILES string of the molecule is Cn1ncc2c(=O)n(CC(=O)N3CCCCCCC3)cnc21. The molecule has 2 aromatic rings. The van der Waals surface area contributed by atoms with Crippen molar-refractivity contribution in [1.82, 2.24) is 24.2 Å². The van der Waals surface area contributed by atoms with Crippen LogP contribution in [0.15, 0.2) is 17.3 Å². The van der Waals surface area contributed by atoms with Crippen LogP contribution in [0.3, 0.4) is 0 Å². The van der Waals surface area contributed by atoms with Gasteiger partial charge in [-0.05, 0) is 12.8 Å². The van der Waals surface area contributed by atoms with Crippen molar-refractivity contribution >= 4 is 16.9 Å². The maximum atomic E-state index is 12.4. The Morgan fingerprint density at radius 1 is 1.18 bits per heavy atom. The normalized spacial score (nSPS) is 16.5. The molecule has 0 N–H and O–H groups in total. The van der Waals surface area contributed by atoms with Crippen molar-refractivity contribution in [1.29, 1.82) is 0 Å². The Morgan fingerprint density at radius 2 is 1.86 bits per heavy atom. The number of rotatable bonds is 2. The van der Waals surface area contributed by atoms with Gasteiger partial charge in [-0.25, -0.2) is 4.98 Å². The first-order chi connectivity index (χ1) is 10.7. The number of amides is 1. The highest BCUT2D eigenvalue weighted by molar-refractivity contribution is 5.77. The van der Waals surface area contributed by atoms with Crippen LogP contribution in [0.25, 0.3) is 11.0 Å². The summed E-state index contributed by atoms with van der Waals surface area (Å²) >= 11 is 0. The van der Waals surface area contributed by atoms with E-state index >= 15 is 0 Å². The standard InChI is InChI=1S/C15H21N5O2/c1-18-14-12(9-17-18)15(22)20(11-16-14)10-13(21)19-7-5-3-2-4-6-8-19/h9,11H,2-8,10H2,1H3. The Balaban J connectivity index is 1.78. The Labute approximate surface area is 128 Å². The summed E-state index contributed by atoms with van der Waals surface area (Å²) in [5.41, 5.74) is 0.332. The van der Waals surface area contributed by atoms with Gasteiger partial charge in [0.1, 0.15) is 18.3 Å². The summed E-state index contributed by atoms with van der Waals surface area (Å²) in [6.45, 7) is 1.63. The Bertz CT molecular complexity index is 725. The number of aromatic nitrogens is 4. The van der Waals surface area contributed by atoms with Gasteiger partial charge in [-0.2, -0.15) is 5.10 Å². The van der Waals surface area contributed by atoms with E-state index in [0.717, 1.165) is 25.9 Å². The third-order valence-corrected chi connectivity index (χ3v) is 4.23. The molecule has 7 heteroatoms. The zero-order chi connectivity index (χ0) is 15.5. The van der Waals surface area contributed by atoms with Gasteiger partial charge in [-0.15, -0.1) is 0 Å². The number of likely N-dealkylation sites (tertiary alicyclic amines) is 1. The molecular weight excluding hydrogens is 282 g/mol. The molecule has 0 spiro atoms. The number of fused-ring (bicyclic) bond motifs is 1. The number of nitrogens with zero attached hydrogens (tertiary/aromatic N) is 5. The molecule has 1 aliphatic heterocycles. The van der Waals surface area contributed by atoms with E-state index in [0.29, 0.717) is 11.0 Å². The smallest absolute Gasteiger partial charge is 0.264 e. The predicted molar refractivity (Wildman–Crippen MR) is 82.4 cm³/mol. The topological polar surface area (TPSA) is 73.0 Å². The van der Waals surface area contributed by atoms with Gasteiger partial charge in [-0.1, -0.05) is 19.3 Å². The molecular formula is C15H21N5O2. The van der Waals surface area contributed by atoms with Crippen LogP contribution in [0, 0.1) is 0 Å². The van der Waals surface area contributed by atoms with Crippen LogP contribution in [0.5, 0.6) is 0 Å². The van der Waals surface area contributed by atoms with Gasteiger partial charge in [0.15, 0.2) is 5.65 Å². The first kappa shape index (κ1) is 14.7. The number of carbonyl (C=O) groups excluding carboxylic acids is 1. The molecule has 7 nitrogen and oxygen atoms in total. The molecule has 2 aromatic heterocycles. The second-order valence-corrected chi connectivity index (χ2v) is 5.83. The van der Waals surface area contributed by atoms with Crippen molar-refractivity contribution in [2.24, 2.45) is 7.05 Å². The van der Waals surface area contributed by atoms with Crippen LogP contribution in [-0.2, 0) is 18.4 Å². The molecule has 0 atom stereocenters. The van der Waals surface area contributed by atoms with Crippen LogP contribution >= 0.6 is 0 Å². The van der Waals surface area contributed by atoms with Crippen LogP contribution in [-0.4, -0.2) is 43.2 Å². The average molecular weight is 303 g/mol. The minimum atomic E-state index is -0.210. The molecule has 0 radical (unpaired) electrons. The number of hydrogen-bond acceptors (Lipinski definition) is 4. The summed E-state index contributed by atoms with van der Waals surface area (Å²) in [5, 5.41) is 4.48. The molecule has 0 aromatic carbocycles. The monoisotopic (exact) mass is 303 g/mol. The average Bonchev–Trinajstić information content (AvgIpc) is 2.84. The summed E-state index contributed by atoms with van der Waals surface area (Å²) in [6, 6.07) is 0. The molecule has 1 saturated heterocycles. The number of hydrogen-bond donors (Lipinski definition) is 0. The lowest BCUT2D eigenvalue weighted by Gasteiger charge is -2.25. The van der Waals surface area contributed by atoms with E-state index in [2.05, 4.69) is 10.1 Å². The lowest BCUT2D eigenvalue weighted by molar-refractivity contribution is -0.132. The summed E-state index contributed by atoms with van der Waals surface area (Å²) in [7, 11) is 1.74. The maximum Gasteiger partial charge on any atom is 0.264 e. The van der Waals surface area contributed by atoms with Gasteiger partial charge in [0, 0.05) is 20.1 Å². The van der Waals surface area contributed by atoms with Crippen LogP contribution in [0.1, 0.15) is 32.1 Å². The molecule has 0 saturated carbocycles. The summed E-state index contributed by atoms with van der Waals surface area (Å²) in [6.07, 6.45) is 8.63. The second kappa shape index (κ2) is 6.29. The van der Waals surface area contributed by atoms with Gasteiger partial charge in [0.2, 0.25) is 5.91 Å². The molecule has 0 bridgehead atoms. The zero-order valence-corrected chi connectivity index (χ0v) is 12.9. The summed E-state index contributed by atoms with van der Waals surface area (Å²) in [4.78, 5) is 30.9. The van der Waals surface area contributed by atoms with Crippen molar-refractivity contribution in [2.45, 2.75) is 38.6 Å². The second-order valence-electron chi connectivity index (χ2n) is 5.83. The van der Waals surface area contributed by atoms with E-state index in [1.54, 1.807) is 11.7 Å². The molecule has 118 valence electrons. The number of aryl methyl sites for hydroxylation is 1. The largest absolute Gasteiger partial charge is 0.341 e. The maximum absolute atomic E-state index is 12.4. The lowest BCUT2D eigenvalue weighted by Crippen LogP contribution is -2.38. The predicted octanol–water partition coefficient (Wildman–Crippen LogP) is 0.923. The molecule has 1 amide bonds. The molecule has 0 aliphatic carbocycles. The van der Waals surface area contributed by atoms with Crippen molar-refractivity contribution in [3.63, 3.8) is 0 Å². The Hall–Kier alpha value is -2.18. The van der Waals surface area contributed by atoms with E-state index < -0.39 is 0 Å². The summed E-state index contributed by atoms with van der Waals surface area (Å²) < 4.78 is 2.94. The van der Waals surface area contributed by atoms with Crippen molar-refractivity contribution in [3.05, 3.63) is 22.9 Å². The highest BCUT2D eigenvalue weighted by Gasteiger charge is 2.17. The molecule has 1 fully saturated rings. The fraction of sp³-hybridized carbons (Fsp3) is 0.600. The lowest BCUT2D eigenvalue weighted by atomic mass is 10.1. The minimum Gasteiger partial charge on any atom is -0.341 e. The van der Waals surface area contributed by atoms with E-state index in [-0.39, 0.29) is 18.0 Å². The molecule has 3 heterocycles. The Morgan fingerprint density at radius 3 is 2.59 bits per heavy atom. The highest BCUT2D eigenvalue weighted by Crippen LogP contribution is 2.11. The number of carbonyl (C=O) groups is 1.